The van der Waals surface area contributed by atoms with E-state index in [1.165, 1.54) is 6.07 Å². The van der Waals surface area contributed by atoms with Crippen molar-refractivity contribution in [2.45, 2.75) is 31.6 Å². The van der Waals surface area contributed by atoms with Gasteiger partial charge in [0.1, 0.15) is 5.82 Å². The van der Waals surface area contributed by atoms with Gasteiger partial charge in [-0.3, -0.25) is 14.8 Å². The molecule has 29 heavy (non-hydrogen) atoms. The van der Waals surface area contributed by atoms with Crippen molar-refractivity contribution in [2.75, 3.05) is 13.1 Å². The minimum atomic E-state index is -0.195. The van der Waals surface area contributed by atoms with Crippen molar-refractivity contribution in [2.24, 2.45) is 0 Å². The molecule has 4 nitrogen and oxygen atoms in total. The molecular formula is C24H24FN3O. The first-order valence-electron chi connectivity index (χ1n) is 10.1. The van der Waals surface area contributed by atoms with Crippen molar-refractivity contribution in [1.82, 2.24) is 14.9 Å². The molecule has 0 unspecified atom stereocenters. The minimum absolute atomic E-state index is 0.128. The lowest BCUT2D eigenvalue weighted by atomic mass is 9.92. The standard InChI is InChI=1S/C24H24FN3O/c25-22-9-2-1-6-19(22)16-21-8-5-10-23(27-21)18-11-14-28(15-12-18)24(29)17-20-7-3-4-13-26-20/h1-10,13,18H,11-12,14-17H2. The second kappa shape index (κ2) is 8.95. The number of hydrogen-bond acceptors (Lipinski definition) is 3. The highest BCUT2D eigenvalue weighted by atomic mass is 19.1. The summed E-state index contributed by atoms with van der Waals surface area (Å²) in [6.45, 7) is 1.46. The average molecular weight is 389 g/mol. The van der Waals surface area contributed by atoms with Gasteiger partial charge in [-0.1, -0.05) is 30.3 Å². The molecule has 0 aliphatic carbocycles. The van der Waals surface area contributed by atoms with E-state index in [0.717, 1.165) is 43.0 Å². The van der Waals surface area contributed by atoms with Crippen LogP contribution in [0, 0.1) is 5.82 Å². The number of amides is 1. The molecule has 0 bridgehead atoms. The first-order valence-corrected chi connectivity index (χ1v) is 10.1. The van der Waals surface area contributed by atoms with Gasteiger partial charge in [-0.25, -0.2) is 4.39 Å². The third-order valence-electron chi connectivity index (χ3n) is 5.48. The van der Waals surface area contributed by atoms with E-state index in [9.17, 15) is 9.18 Å². The lowest BCUT2D eigenvalue weighted by Crippen LogP contribution is -2.39. The number of pyridine rings is 2. The van der Waals surface area contributed by atoms with E-state index in [0.29, 0.717) is 24.3 Å². The maximum absolute atomic E-state index is 13.9. The number of aromatic nitrogens is 2. The molecule has 4 rings (SSSR count). The third-order valence-corrected chi connectivity index (χ3v) is 5.48. The van der Waals surface area contributed by atoms with E-state index >= 15 is 0 Å². The van der Waals surface area contributed by atoms with Crippen LogP contribution in [0.25, 0.3) is 0 Å². The van der Waals surface area contributed by atoms with Gasteiger partial charge in [-0.15, -0.1) is 0 Å². The van der Waals surface area contributed by atoms with Crippen molar-refractivity contribution in [1.29, 1.82) is 0 Å². The Morgan fingerprint density at radius 3 is 2.48 bits per heavy atom. The summed E-state index contributed by atoms with van der Waals surface area (Å²) in [5, 5.41) is 0. The van der Waals surface area contributed by atoms with E-state index in [-0.39, 0.29) is 11.7 Å². The molecular weight excluding hydrogens is 365 g/mol. The Hall–Kier alpha value is -3.08. The first-order chi connectivity index (χ1) is 14.2. The average Bonchev–Trinajstić information content (AvgIpc) is 2.76. The monoisotopic (exact) mass is 389 g/mol. The molecule has 1 fully saturated rings. The third kappa shape index (κ3) is 4.86. The molecule has 1 aliphatic heterocycles. The Labute approximate surface area is 170 Å². The van der Waals surface area contributed by atoms with Gasteiger partial charge in [-0.2, -0.15) is 0 Å². The summed E-state index contributed by atoms with van der Waals surface area (Å²) in [6.07, 6.45) is 4.34. The molecule has 1 aliphatic rings. The van der Waals surface area contributed by atoms with Gasteiger partial charge in [0, 0.05) is 48.7 Å². The fourth-order valence-corrected chi connectivity index (χ4v) is 3.85. The number of hydrogen-bond donors (Lipinski definition) is 0. The second-order valence-electron chi connectivity index (χ2n) is 7.47. The maximum Gasteiger partial charge on any atom is 0.228 e. The fourth-order valence-electron chi connectivity index (χ4n) is 3.85. The van der Waals surface area contributed by atoms with Crippen molar-refractivity contribution in [3.05, 3.63) is 95.3 Å². The van der Waals surface area contributed by atoms with Gasteiger partial charge in [0.25, 0.3) is 0 Å². The number of halogens is 1. The summed E-state index contributed by atoms with van der Waals surface area (Å²) < 4.78 is 13.9. The minimum Gasteiger partial charge on any atom is -0.342 e. The van der Waals surface area contributed by atoms with Crippen molar-refractivity contribution < 1.29 is 9.18 Å². The van der Waals surface area contributed by atoms with Crippen LogP contribution in [-0.4, -0.2) is 33.9 Å². The number of rotatable bonds is 5. The van der Waals surface area contributed by atoms with Crippen LogP contribution >= 0.6 is 0 Å². The van der Waals surface area contributed by atoms with E-state index in [2.05, 4.69) is 4.98 Å². The molecule has 0 atom stereocenters. The Balaban J connectivity index is 1.36. The predicted octanol–water partition coefficient (Wildman–Crippen LogP) is 4.16. The van der Waals surface area contributed by atoms with Crippen LogP contribution in [0.4, 0.5) is 4.39 Å². The Bertz CT molecular complexity index is 969. The van der Waals surface area contributed by atoms with Gasteiger partial charge < -0.3 is 4.90 Å². The summed E-state index contributed by atoms with van der Waals surface area (Å²) in [5.41, 5.74) is 3.38. The molecule has 3 aromatic rings. The molecule has 0 spiro atoms. The van der Waals surface area contributed by atoms with E-state index in [1.54, 1.807) is 18.3 Å². The van der Waals surface area contributed by atoms with Crippen molar-refractivity contribution in [3.8, 4) is 0 Å². The molecule has 2 aromatic heterocycles. The zero-order valence-electron chi connectivity index (χ0n) is 16.3. The predicted molar refractivity (Wildman–Crippen MR) is 110 cm³/mol. The SMILES string of the molecule is O=C(Cc1ccccn1)N1CCC(c2cccc(Cc3ccccc3F)n2)CC1. The zero-order valence-corrected chi connectivity index (χ0v) is 16.3. The highest BCUT2D eigenvalue weighted by Gasteiger charge is 2.25. The molecule has 1 aromatic carbocycles. The highest BCUT2D eigenvalue weighted by molar-refractivity contribution is 5.78. The van der Waals surface area contributed by atoms with Gasteiger partial charge in [-0.05, 0) is 48.7 Å². The van der Waals surface area contributed by atoms with Crippen LogP contribution in [0.1, 0.15) is 41.4 Å². The molecule has 148 valence electrons. The van der Waals surface area contributed by atoms with Crippen LogP contribution in [-0.2, 0) is 17.6 Å². The molecule has 1 amide bonds. The number of carbonyl (C=O) groups is 1. The normalized spacial score (nSPS) is 14.7. The number of carbonyl (C=O) groups excluding carboxylic acids is 1. The number of benzene rings is 1. The molecule has 0 saturated carbocycles. The summed E-state index contributed by atoms with van der Waals surface area (Å²) >= 11 is 0. The largest absolute Gasteiger partial charge is 0.342 e. The number of likely N-dealkylation sites (tertiary alicyclic amines) is 1. The van der Waals surface area contributed by atoms with Crippen LogP contribution < -0.4 is 0 Å². The molecule has 1 saturated heterocycles. The molecule has 3 heterocycles. The second-order valence-corrected chi connectivity index (χ2v) is 7.47. The smallest absolute Gasteiger partial charge is 0.228 e. The summed E-state index contributed by atoms with van der Waals surface area (Å²) in [7, 11) is 0. The fraction of sp³-hybridized carbons (Fsp3) is 0.292. The van der Waals surface area contributed by atoms with E-state index < -0.39 is 0 Å². The summed E-state index contributed by atoms with van der Waals surface area (Å²) in [4.78, 5) is 23.5. The van der Waals surface area contributed by atoms with Gasteiger partial charge >= 0.3 is 0 Å². The van der Waals surface area contributed by atoms with E-state index in [1.807, 2.05) is 47.4 Å². The topological polar surface area (TPSA) is 46.1 Å². The number of nitrogens with zero attached hydrogens (tertiary/aromatic N) is 3. The Morgan fingerprint density at radius 2 is 1.72 bits per heavy atom. The summed E-state index contributed by atoms with van der Waals surface area (Å²) in [6, 6.07) is 18.5. The van der Waals surface area contributed by atoms with Crippen LogP contribution in [0.5, 0.6) is 0 Å². The lowest BCUT2D eigenvalue weighted by molar-refractivity contribution is -0.131. The van der Waals surface area contributed by atoms with Crippen molar-refractivity contribution in [3.63, 3.8) is 0 Å². The van der Waals surface area contributed by atoms with Gasteiger partial charge in [0.05, 0.1) is 6.42 Å². The molecule has 5 heteroatoms. The molecule has 0 radical (unpaired) electrons. The van der Waals surface area contributed by atoms with Crippen LogP contribution in [0.15, 0.2) is 66.9 Å². The quantitative estimate of drug-likeness (QED) is 0.658. The van der Waals surface area contributed by atoms with E-state index in [4.69, 9.17) is 4.98 Å². The van der Waals surface area contributed by atoms with Gasteiger partial charge in [0.15, 0.2) is 0 Å². The first kappa shape index (κ1) is 19.2. The summed E-state index contributed by atoms with van der Waals surface area (Å²) in [5.74, 6) is 0.261. The van der Waals surface area contributed by atoms with Gasteiger partial charge in [0.2, 0.25) is 5.91 Å². The van der Waals surface area contributed by atoms with Crippen LogP contribution in [0.3, 0.4) is 0 Å². The Kier molecular flexibility index (Phi) is 5.94. The maximum atomic E-state index is 13.9. The Morgan fingerprint density at radius 1 is 0.966 bits per heavy atom. The molecule has 0 N–H and O–H groups in total. The lowest BCUT2D eigenvalue weighted by Gasteiger charge is -2.32. The van der Waals surface area contributed by atoms with Crippen molar-refractivity contribution >= 4 is 5.91 Å². The highest BCUT2D eigenvalue weighted by Crippen LogP contribution is 2.27. The zero-order chi connectivity index (χ0) is 20.1. The van der Waals surface area contributed by atoms with Crippen LogP contribution in [0.2, 0.25) is 0 Å². The number of piperidine rings is 1.